The van der Waals surface area contributed by atoms with E-state index in [2.05, 4.69) is 24.3 Å². The maximum absolute atomic E-state index is 13.0. The molecule has 5 rings (SSSR count). The first kappa shape index (κ1) is 19.4. The highest BCUT2D eigenvalue weighted by Crippen LogP contribution is 2.44. The van der Waals surface area contributed by atoms with E-state index in [0.717, 1.165) is 27.8 Å². The van der Waals surface area contributed by atoms with Crippen molar-refractivity contribution in [2.45, 2.75) is 24.3 Å². The van der Waals surface area contributed by atoms with Gasteiger partial charge in [-0.15, -0.1) is 0 Å². The number of rotatable bonds is 4. The topological polar surface area (TPSA) is 66.8 Å². The molecule has 156 valence electrons. The zero-order valence-corrected chi connectivity index (χ0v) is 17.0. The maximum atomic E-state index is 13.0. The molecule has 5 heteroatoms. The monoisotopic (exact) mass is 413 g/mol. The van der Waals surface area contributed by atoms with Gasteiger partial charge in [0.1, 0.15) is 12.6 Å². The second-order valence-electron chi connectivity index (χ2n) is 8.09. The molecule has 2 unspecified atom stereocenters. The number of aliphatic carboxylic acids is 1. The fraction of sp³-hybridized carbons (Fsp3) is 0.231. The number of likely N-dealkylation sites (tertiary alicyclic amines) is 1. The van der Waals surface area contributed by atoms with E-state index < -0.39 is 18.1 Å². The summed E-state index contributed by atoms with van der Waals surface area (Å²) in [5.74, 6) is -1.29. The van der Waals surface area contributed by atoms with Gasteiger partial charge in [0.25, 0.3) is 0 Å². The van der Waals surface area contributed by atoms with Crippen LogP contribution in [0.5, 0.6) is 0 Å². The summed E-state index contributed by atoms with van der Waals surface area (Å²) in [6.07, 6.45) is 0.0400. The zero-order valence-electron chi connectivity index (χ0n) is 17.0. The molecule has 3 aromatic carbocycles. The Morgan fingerprint density at radius 3 is 2.06 bits per heavy atom. The van der Waals surface area contributed by atoms with Crippen molar-refractivity contribution in [1.82, 2.24) is 4.90 Å². The first-order valence-electron chi connectivity index (χ1n) is 10.5. The molecule has 2 atom stereocenters. The summed E-state index contributed by atoms with van der Waals surface area (Å²) >= 11 is 0. The van der Waals surface area contributed by atoms with Crippen LogP contribution >= 0.6 is 0 Å². The minimum absolute atomic E-state index is 0.0489. The minimum Gasteiger partial charge on any atom is -0.480 e. The number of hydrogen-bond donors (Lipinski definition) is 1. The van der Waals surface area contributed by atoms with Gasteiger partial charge in [-0.2, -0.15) is 0 Å². The normalized spacial score (nSPS) is 19.7. The van der Waals surface area contributed by atoms with E-state index in [1.54, 1.807) is 0 Å². The second kappa shape index (κ2) is 7.91. The van der Waals surface area contributed by atoms with Crippen molar-refractivity contribution in [3.8, 4) is 11.1 Å². The first-order valence-corrected chi connectivity index (χ1v) is 10.5. The van der Waals surface area contributed by atoms with E-state index in [9.17, 15) is 14.7 Å². The molecule has 0 radical (unpaired) electrons. The van der Waals surface area contributed by atoms with E-state index in [0.29, 0.717) is 13.0 Å². The lowest BCUT2D eigenvalue weighted by Crippen LogP contribution is -2.43. The predicted molar refractivity (Wildman–Crippen MR) is 117 cm³/mol. The van der Waals surface area contributed by atoms with Crippen LogP contribution in [-0.2, 0) is 9.53 Å². The quantitative estimate of drug-likeness (QED) is 0.662. The second-order valence-corrected chi connectivity index (χ2v) is 8.09. The predicted octanol–water partition coefficient (Wildman–Crippen LogP) is 4.88. The van der Waals surface area contributed by atoms with Crippen molar-refractivity contribution in [2.75, 3.05) is 13.2 Å². The van der Waals surface area contributed by atoms with E-state index in [1.807, 2.05) is 54.6 Å². The summed E-state index contributed by atoms with van der Waals surface area (Å²) in [5.41, 5.74) is 5.52. The van der Waals surface area contributed by atoms with Gasteiger partial charge in [0, 0.05) is 18.4 Å². The van der Waals surface area contributed by atoms with E-state index in [-0.39, 0.29) is 18.4 Å². The number of amides is 1. The SMILES string of the molecule is O=C(O)C1C(c2ccccc2)CCN1C(=O)OCC1c2ccccc2-c2ccccc21. The number of hydrogen-bond acceptors (Lipinski definition) is 3. The lowest BCUT2D eigenvalue weighted by Gasteiger charge is -2.25. The smallest absolute Gasteiger partial charge is 0.410 e. The van der Waals surface area contributed by atoms with E-state index in [4.69, 9.17) is 4.74 Å². The Balaban J connectivity index is 1.35. The molecule has 1 amide bonds. The molecule has 1 aliphatic heterocycles. The van der Waals surface area contributed by atoms with Gasteiger partial charge in [0.2, 0.25) is 0 Å². The Labute approximate surface area is 180 Å². The molecule has 5 nitrogen and oxygen atoms in total. The molecule has 1 saturated heterocycles. The van der Waals surface area contributed by atoms with Crippen molar-refractivity contribution < 1.29 is 19.4 Å². The van der Waals surface area contributed by atoms with Crippen molar-refractivity contribution in [3.63, 3.8) is 0 Å². The molecule has 31 heavy (non-hydrogen) atoms. The van der Waals surface area contributed by atoms with E-state index in [1.165, 1.54) is 4.90 Å². The standard InChI is InChI=1S/C26H23NO4/c28-25(29)24-18(17-8-2-1-3-9-17)14-15-27(24)26(30)31-16-23-21-12-6-4-10-19(21)20-11-5-7-13-22(20)23/h1-13,18,23-24H,14-16H2,(H,28,29). The fourth-order valence-electron chi connectivity index (χ4n) is 5.03. The third-order valence-corrected chi connectivity index (χ3v) is 6.45. The molecular weight excluding hydrogens is 390 g/mol. The molecule has 0 saturated carbocycles. The highest BCUT2D eigenvalue weighted by molar-refractivity contribution is 5.82. The van der Waals surface area contributed by atoms with Gasteiger partial charge in [-0.05, 0) is 34.2 Å². The molecule has 3 aromatic rings. The van der Waals surface area contributed by atoms with Crippen molar-refractivity contribution >= 4 is 12.1 Å². The van der Waals surface area contributed by atoms with Crippen LogP contribution < -0.4 is 0 Å². The van der Waals surface area contributed by atoms with Crippen LogP contribution in [0.3, 0.4) is 0 Å². The average molecular weight is 413 g/mol. The summed E-state index contributed by atoms with van der Waals surface area (Å²) in [5, 5.41) is 9.85. The van der Waals surface area contributed by atoms with Crippen molar-refractivity contribution in [2.24, 2.45) is 0 Å². The van der Waals surface area contributed by atoms with Crippen LogP contribution in [0.1, 0.15) is 34.9 Å². The van der Waals surface area contributed by atoms with Crippen LogP contribution in [0.4, 0.5) is 4.79 Å². The number of carbonyl (C=O) groups is 2. The highest BCUT2D eigenvalue weighted by atomic mass is 16.6. The number of fused-ring (bicyclic) bond motifs is 3. The number of ether oxygens (including phenoxy) is 1. The van der Waals surface area contributed by atoms with Gasteiger partial charge >= 0.3 is 12.1 Å². The highest BCUT2D eigenvalue weighted by Gasteiger charge is 2.43. The van der Waals surface area contributed by atoms with Crippen LogP contribution in [0.25, 0.3) is 11.1 Å². The summed E-state index contributed by atoms with van der Waals surface area (Å²) in [6, 6.07) is 24.9. The maximum Gasteiger partial charge on any atom is 0.410 e. The Morgan fingerprint density at radius 1 is 0.871 bits per heavy atom. The largest absolute Gasteiger partial charge is 0.480 e. The molecule has 0 aromatic heterocycles. The van der Waals surface area contributed by atoms with Gasteiger partial charge in [-0.25, -0.2) is 9.59 Å². The van der Waals surface area contributed by atoms with E-state index >= 15 is 0 Å². The Kier molecular flexibility index (Phi) is 4.94. The third kappa shape index (κ3) is 3.36. The lowest BCUT2D eigenvalue weighted by atomic mass is 9.92. The Morgan fingerprint density at radius 2 is 1.45 bits per heavy atom. The van der Waals surface area contributed by atoms with Crippen LogP contribution in [0.2, 0.25) is 0 Å². The number of carboxylic acid groups (broad SMARTS) is 1. The van der Waals surface area contributed by atoms with Crippen LogP contribution in [0, 0.1) is 0 Å². The molecule has 2 aliphatic rings. The van der Waals surface area contributed by atoms with Crippen LogP contribution in [0.15, 0.2) is 78.9 Å². The molecule has 0 spiro atoms. The third-order valence-electron chi connectivity index (χ3n) is 6.45. The van der Waals surface area contributed by atoms with Gasteiger partial charge in [-0.1, -0.05) is 78.9 Å². The number of carboxylic acids is 1. The van der Waals surface area contributed by atoms with Crippen molar-refractivity contribution in [3.05, 3.63) is 95.6 Å². The first-order chi connectivity index (χ1) is 15.1. The Bertz CT molecular complexity index is 1080. The molecule has 1 heterocycles. The number of nitrogens with zero attached hydrogens (tertiary/aromatic N) is 1. The van der Waals surface area contributed by atoms with Gasteiger partial charge in [0.15, 0.2) is 0 Å². The summed E-state index contributed by atoms with van der Waals surface area (Å²) in [4.78, 5) is 26.4. The number of benzene rings is 3. The van der Waals surface area contributed by atoms with Gasteiger partial charge in [-0.3, -0.25) is 4.90 Å². The lowest BCUT2D eigenvalue weighted by molar-refractivity contribution is -0.142. The summed E-state index contributed by atoms with van der Waals surface area (Å²) < 4.78 is 5.71. The molecular formula is C26H23NO4. The van der Waals surface area contributed by atoms with Crippen molar-refractivity contribution in [1.29, 1.82) is 0 Å². The summed E-state index contributed by atoms with van der Waals surface area (Å²) in [6.45, 7) is 0.554. The molecule has 1 N–H and O–H groups in total. The molecule has 0 bridgehead atoms. The molecule has 1 fully saturated rings. The minimum atomic E-state index is -1.00. The fourth-order valence-corrected chi connectivity index (χ4v) is 5.03. The zero-order chi connectivity index (χ0) is 21.4. The average Bonchev–Trinajstić information content (AvgIpc) is 3.38. The Hall–Kier alpha value is -3.60. The molecule has 1 aliphatic carbocycles. The van der Waals surface area contributed by atoms with Gasteiger partial charge < -0.3 is 9.84 Å². The number of carbonyl (C=O) groups excluding carboxylic acids is 1. The summed E-state index contributed by atoms with van der Waals surface area (Å²) in [7, 11) is 0. The van der Waals surface area contributed by atoms with Crippen LogP contribution in [-0.4, -0.2) is 41.3 Å². The van der Waals surface area contributed by atoms with Gasteiger partial charge in [0.05, 0.1) is 0 Å².